The van der Waals surface area contributed by atoms with Crippen molar-refractivity contribution in [2.45, 2.75) is 18.9 Å². The lowest BCUT2D eigenvalue weighted by atomic mass is 9.92. The highest BCUT2D eigenvalue weighted by Gasteiger charge is 2.35. The molecule has 1 aliphatic heterocycles. The molecule has 2 heterocycles. The molecule has 11 heteroatoms. The van der Waals surface area contributed by atoms with Crippen LogP contribution in [0.5, 0.6) is 11.5 Å². The van der Waals surface area contributed by atoms with E-state index in [9.17, 15) is 9.59 Å². The summed E-state index contributed by atoms with van der Waals surface area (Å²) in [5, 5.41) is 8.45. The number of rotatable bonds is 11. The van der Waals surface area contributed by atoms with Crippen LogP contribution in [0.25, 0.3) is 10.9 Å². The summed E-state index contributed by atoms with van der Waals surface area (Å²) in [4.78, 5) is 30.7. The molecular weight excluding hydrogens is 565 g/mol. The van der Waals surface area contributed by atoms with E-state index in [1.807, 2.05) is 42.5 Å². The zero-order chi connectivity index (χ0) is 28.8. The number of aromatic amines is 1. The third kappa shape index (κ3) is 6.87. The van der Waals surface area contributed by atoms with E-state index in [4.69, 9.17) is 38.2 Å². The minimum Gasteiger partial charge on any atom is -0.493 e. The Balaban J connectivity index is 1.35. The molecule has 0 spiro atoms. The van der Waals surface area contributed by atoms with Crippen LogP contribution in [-0.4, -0.2) is 54.5 Å². The van der Waals surface area contributed by atoms with Crippen LogP contribution in [-0.2, 0) is 11.2 Å². The fourth-order valence-corrected chi connectivity index (χ4v) is 5.24. The molecule has 1 atom stereocenters. The number of halogens is 2. The molecule has 0 aliphatic carbocycles. The highest BCUT2D eigenvalue weighted by Crippen LogP contribution is 2.40. The first kappa shape index (κ1) is 28.6. The number of carbonyl (C=O) groups excluding carboxylic acids is 2. The Morgan fingerprint density at radius 1 is 1.02 bits per heavy atom. The highest BCUT2D eigenvalue weighted by atomic mass is 35.5. The van der Waals surface area contributed by atoms with Crippen molar-refractivity contribution in [3.63, 3.8) is 0 Å². The number of benzene rings is 3. The van der Waals surface area contributed by atoms with Crippen LogP contribution in [0.2, 0.25) is 10.0 Å². The summed E-state index contributed by atoms with van der Waals surface area (Å²) in [6.07, 6.45) is 0.438. The van der Waals surface area contributed by atoms with Gasteiger partial charge in [0.2, 0.25) is 0 Å². The van der Waals surface area contributed by atoms with Gasteiger partial charge in [-0.15, -0.1) is 0 Å². The zero-order valence-corrected chi connectivity index (χ0v) is 23.7. The average molecular weight is 594 g/mol. The number of H-pyrrole nitrogens is 1. The van der Waals surface area contributed by atoms with Crippen LogP contribution >= 0.6 is 23.2 Å². The second-order valence-electron chi connectivity index (χ2n) is 9.64. The van der Waals surface area contributed by atoms with Crippen molar-refractivity contribution in [1.29, 1.82) is 5.53 Å². The minimum absolute atomic E-state index is 0.0232. The zero-order valence-electron chi connectivity index (χ0n) is 22.2. The van der Waals surface area contributed by atoms with Gasteiger partial charge in [-0.05, 0) is 72.1 Å². The number of hydrogen-bond acceptors (Lipinski definition) is 7. The Hall–Kier alpha value is -3.92. The van der Waals surface area contributed by atoms with E-state index >= 15 is 0 Å². The van der Waals surface area contributed by atoms with Crippen molar-refractivity contribution in [3.05, 3.63) is 93.6 Å². The second-order valence-corrected chi connectivity index (χ2v) is 10.5. The fraction of sp³-hybridized carbons (Fsp3) is 0.267. The maximum Gasteiger partial charge on any atom is 0.416 e. The largest absolute Gasteiger partial charge is 0.493 e. The third-order valence-electron chi connectivity index (χ3n) is 6.91. The molecule has 3 N–H and O–H groups in total. The number of ether oxygens (including phenoxy) is 2. The number of Topliss-reactive ketones (excluding diaryl/α,β-unsaturated/α-hetero) is 1. The molecule has 1 aromatic heterocycles. The summed E-state index contributed by atoms with van der Waals surface area (Å²) in [7, 11) is 0. The van der Waals surface area contributed by atoms with Crippen molar-refractivity contribution in [2.24, 2.45) is 5.11 Å². The molecule has 212 valence electrons. The minimum atomic E-state index is -0.469. The van der Waals surface area contributed by atoms with Gasteiger partial charge in [0.1, 0.15) is 23.3 Å². The van der Waals surface area contributed by atoms with Gasteiger partial charge in [-0.3, -0.25) is 9.69 Å². The van der Waals surface area contributed by atoms with Crippen molar-refractivity contribution in [3.8, 4) is 11.5 Å². The summed E-state index contributed by atoms with van der Waals surface area (Å²) in [5.74, 6) is 1.06. The van der Waals surface area contributed by atoms with Gasteiger partial charge in [-0.1, -0.05) is 35.3 Å². The Morgan fingerprint density at radius 3 is 2.51 bits per heavy atom. The number of amides is 1. The molecular formula is C30H29Cl2N5O4. The molecule has 0 saturated carbocycles. The van der Waals surface area contributed by atoms with Crippen molar-refractivity contribution >= 4 is 46.0 Å². The van der Waals surface area contributed by atoms with Crippen LogP contribution in [0.3, 0.4) is 0 Å². The van der Waals surface area contributed by atoms with Crippen LogP contribution in [0.4, 0.5) is 4.79 Å². The standard InChI is InChI=1S/C30H29Cl2N5O4/c31-20-3-8-24(9-4-20)41-30(39)37-15-11-25-26-17-21(32)5-10-27(26)36-28(25)29(37)19-1-6-23(7-2-19)40-16-12-22(38)18-34-13-14-35-33/h1-10,17,29,33-34,36H,11-16,18H2. The molecule has 0 radical (unpaired) electrons. The summed E-state index contributed by atoms with van der Waals surface area (Å²) in [5.41, 5.74) is 10.6. The number of hydrogen-bond donors (Lipinski definition) is 3. The predicted octanol–water partition coefficient (Wildman–Crippen LogP) is 6.58. The van der Waals surface area contributed by atoms with Crippen molar-refractivity contribution in [2.75, 3.05) is 32.8 Å². The number of aromatic nitrogens is 1. The van der Waals surface area contributed by atoms with Gasteiger partial charge in [-0.2, -0.15) is 5.11 Å². The number of carbonyl (C=O) groups is 2. The molecule has 1 amide bonds. The lowest BCUT2D eigenvalue weighted by Gasteiger charge is -2.35. The SMILES string of the molecule is N=NCCNCC(=O)CCOc1ccc(C2c3[nH]c4ccc(Cl)cc4c3CCN2C(=O)Oc2ccc(Cl)cc2)cc1. The smallest absolute Gasteiger partial charge is 0.416 e. The average Bonchev–Trinajstić information content (AvgIpc) is 3.34. The van der Waals surface area contributed by atoms with Crippen LogP contribution in [0.15, 0.2) is 71.8 Å². The van der Waals surface area contributed by atoms with Crippen molar-refractivity contribution in [1.82, 2.24) is 15.2 Å². The fourth-order valence-electron chi connectivity index (χ4n) is 4.95. The van der Waals surface area contributed by atoms with Gasteiger partial charge in [0, 0.05) is 46.2 Å². The molecule has 4 aromatic rings. The van der Waals surface area contributed by atoms with Gasteiger partial charge in [0.15, 0.2) is 0 Å². The predicted molar refractivity (Wildman–Crippen MR) is 157 cm³/mol. The highest BCUT2D eigenvalue weighted by molar-refractivity contribution is 6.31. The van der Waals surface area contributed by atoms with Crippen molar-refractivity contribution < 1.29 is 19.1 Å². The van der Waals surface area contributed by atoms with Gasteiger partial charge in [-0.25, -0.2) is 10.3 Å². The van der Waals surface area contributed by atoms with E-state index in [1.54, 1.807) is 29.2 Å². The first-order chi connectivity index (χ1) is 19.9. The maximum absolute atomic E-state index is 13.5. The van der Waals surface area contributed by atoms with Gasteiger partial charge in [0.25, 0.3) is 0 Å². The Labute approximate surface area is 247 Å². The van der Waals surface area contributed by atoms with Crippen LogP contribution in [0, 0.1) is 5.53 Å². The molecule has 1 unspecified atom stereocenters. The maximum atomic E-state index is 13.5. The van der Waals surface area contributed by atoms with E-state index in [1.165, 1.54) is 0 Å². The lowest BCUT2D eigenvalue weighted by molar-refractivity contribution is -0.118. The Bertz CT molecular complexity index is 1540. The topological polar surface area (TPSA) is 120 Å². The monoisotopic (exact) mass is 593 g/mol. The first-order valence-corrected chi connectivity index (χ1v) is 14.0. The van der Waals surface area contributed by atoms with E-state index in [2.05, 4.69) is 15.4 Å². The van der Waals surface area contributed by atoms with E-state index in [0.29, 0.717) is 47.6 Å². The Morgan fingerprint density at radius 2 is 1.76 bits per heavy atom. The van der Waals surface area contributed by atoms with E-state index in [0.717, 1.165) is 27.7 Å². The molecule has 1 aliphatic rings. The molecule has 9 nitrogen and oxygen atoms in total. The summed E-state index contributed by atoms with van der Waals surface area (Å²) < 4.78 is 11.5. The molecule has 41 heavy (non-hydrogen) atoms. The van der Waals surface area contributed by atoms with Gasteiger partial charge in [0.05, 0.1) is 19.7 Å². The summed E-state index contributed by atoms with van der Waals surface area (Å²) in [6.45, 7) is 1.77. The third-order valence-corrected chi connectivity index (χ3v) is 7.40. The molecule has 3 aromatic carbocycles. The van der Waals surface area contributed by atoms with Crippen LogP contribution in [0.1, 0.15) is 29.3 Å². The van der Waals surface area contributed by atoms with E-state index < -0.39 is 12.1 Å². The summed E-state index contributed by atoms with van der Waals surface area (Å²) in [6, 6.07) is 19.5. The second kappa shape index (κ2) is 13.2. The van der Waals surface area contributed by atoms with E-state index in [-0.39, 0.29) is 25.4 Å². The number of nitrogens with one attached hydrogen (secondary N) is 3. The van der Waals surface area contributed by atoms with Gasteiger partial charge < -0.3 is 19.8 Å². The molecule has 0 fully saturated rings. The number of ketones is 1. The number of nitrogens with zero attached hydrogens (tertiary/aromatic N) is 2. The molecule has 0 saturated heterocycles. The quantitative estimate of drug-likeness (QED) is 0.134. The molecule has 5 rings (SSSR count). The number of fused-ring (bicyclic) bond motifs is 3. The first-order valence-electron chi connectivity index (χ1n) is 13.3. The van der Waals surface area contributed by atoms with Crippen LogP contribution < -0.4 is 14.8 Å². The summed E-state index contributed by atoms with van der Waals surface area (Å²) >= 11 is 12.3. The van der Waals surface area contributed by atoms with Gasteiger partial charge >= 0.3 is 6.09 Å². The normalized spacial score (nSPS) is 14.5. The molecule has 0 bridgehead atoms. The lowest BCUT2D eigenvalue weighted by Crippen LogP contribution is -2.42. The Kier molecular flexibility index (Phi) is 9.18.